The number of nitrogens with one attached hydrogen (secondary N) is 1. The van der Waals surface area contributed by atoms with E-state index in [9.17, 15) is 8.78 Å². The standard InChI is InChI=1S/C13H13F2N3/c14-10-6-9(7-11(15)8-10)4-5-17-13-3-1-2-12(16)18-13/h1-3,6-8H,4-5H2,(H3,16,17,18). The van der Waals surface area contributed by atoms with E-state index in [2.05, 4.69) is 10.3 Å². The normalized spacial score (nSPS) is 10.3. The number of benzene rings is 1. The molecule has 1 aromatic heterocycles. The first-order valence-corrected chi connectivity index (χ1v) is 5.55. The number of nitrogens with zero attached hydrogens (tertiary/aromatic N) is 1. The number of nitrogens with two attached hydrogens (primary N) is 1. The molecule has 3 nitrogen and oxygen atoms in total. The molecular weight excluding hydrogens is 236 g/mol. The van der Waals surface area contributed by atoms with Gasteiger partial charge in [-0.1, -0.05) is 6.07 Å². The SMILES string of the molecule is Nc1cccc(NCCc2cc(F)cc(F)c2)n1. The molecule has 18 heavy (non-hydrogen) atoms. The van der Waals surface area contributed by atoms with Gasteiger partial charge in [-0.2, -0.15) is 0 Å². The molecule has 0 aliphatic carbocycles. The second kappa shape index (κ2) is 5.44. The van der Waals surface area contributed by atoms with Crippen molar-refractivity contribution in [2.75, 3.05) is 17.6 Å². The van der Waals surface area contributed by atoms with Crippen LogP contribution < -0.4 is 11.1 Å². The Morgan fingerprint density at radius 2 is 1.83 bits per heavy atom. The minimum absolute atomic E-state index is 0.428. The van der Waals surface area contributed by atoms with Crippen LogP contribution in [0.3, 0.4) is 0 Å². The van der Waals surface area contributed by atoms with E-state index in [1.54, 1.807) is 18.2 Å². The zero-order valence-electron chi connectivity index (χ0n) is 9.66. The quantitative estimate of drug-likeness (QED) is 0.875. The molecule has 0 aliphatic rings. The topological polar surface area (TPSA) is 50.9 Å². The van der Waals surface area contributed by atoms with Crippen molar-refractivity contribution in [3.8, 4) is 0 Å². The molecule has 2 rings (SSSR count). The summed E-state index contributed by atoms with van der Waals surface area (Å²) in [5.41, 5.74) is 6.13. The summed E-state index contributed by atoms with van der Waals surface area (Å²) in [6.07, 6.45) is 0.505. The average Bonchev–Trinajstić information content (AvgIpc) is 2.27. The Morgan fingerprint density at radius 1 is 1.11 bits per heavy atom. The maximum absolute atomic E-state index is 12.9. The molecule has 0 atom stereocenters. The van der Waals surface area contributed by atoms with E-state index in [-0.39, 0.29) is 0 Å². The van der Waals surface area contributed by atoms with Crippen molar-refractivity contribution >= 4 is 11.6 Å². The zero-order chi connectivity index (χ0) is 13.0. The summed E-state index contributed by atoms with van der Waals surface area (Å²) in [6, 6.07) is 8.74. The third kappa shape index (κ3) is 3.41. The third-order valence-electron chi connectivity index (χ3n) is 2.41. The van der Waals surface area contributed by atoms with Gasteiger partial charge in [-0.05, 0) is 36.2 Å². The highest BCUT2D eigenvalue weighted by Gasteiger charge is 2.01. The lowest BCUT2D eigenvalue weighted by atomic mass is 10.1. The second-order valence-electron chi connectivity index (χ2n) is 3.90. The molecule has 0 aliphatic heterocycles. The Hall–Kier alpha value is -2.17. The van der Waals surface area contributed by atoms with Crippen molar-refractivity contribution in [2.45, 2.75) is 6.42 Å². The van der Waals surface area contributed by atoms with Crippen LogP contribution in [0.15, 0.2) is 36.4 Å². The van der Waals surface area contributed by atoms with Crippen LogP contribution in [0.5, 0.6) is 0 Å². The molecule has 0 radical (unpaired) electrons. The zero-order valence-corrected chi connectivity index (χ0v) is 9.66. The van der Waals surface area contributed by atoms with Crippen LogP contribution in [0.25, 0.3) is 0 Å². The van der Waals surface area contributed by atoms with Crippen LogP contribution in [0, 0.1) is 11.6 Å². The molecular formula is C13H13F2N3. The minimum Gasteiger partial charge on any atom is -0.384 e. The van der Waals surface area contributed by atoms with E-state index in [4.69, 9.17) is 5.73 Å². The molecule has 0 saturated carbocycles. The molecule has 0 fully saturated rings. The highest BCUT2D eigenvalue weighted by molar-refractivity contribution is 5.42. The van der Waals surface area contributed by atoms with Gasteiger partial charge in [0.05, 0.1) is 0 Å². The van der Waals surface area contributed by atoms with Crippen LogP contribution >= 0.6 is 0 Å². The van der Waals surface area contributed by atoms with E-state index in [0.717, 1.165) is 6.07 Å². The van der Waals surface area contributed by atoms with Gasteiger partial charge in [0, 0.05) is 12.6 Å². The van der Waals surface area contributed by atoms with Gasteiger partial charge in [0.25, 0.3) is 0 Å². The monoisotopic (exact) mass is 249 g/mol. The summed E-state index contributed by atoms with van der Waals surface area (Å²) in [7, 11) is 0. The van der Waals surface area contributed by atoms with Crippen molar-refractivity contribution < 1.29 is 8.78 Å². The minimum atomic E-state index is -0.563. The summed E-state index contributed by atoms with van der Waals surface area (Å²) in [4.78, 5) is 4.06. The molecule has 1 aromatic carbocycles. The first-order valence-electron chi connectivity index (χ1n) is 5.55. The van der Waals surface area contributed by atoms with Gasteiger partial charge in [-0.25, -0.2) is 13.8 Å². The van der Waals surface area contributed by atoms with Gasteiger partial charge >= 0.3 is 0 Å². The largest absolute Gasteiger partial charge is 0.384 e. The Bertz CT molecular complexity index is 523. The average molecular weight is 249 g/mol. The number of rotatable bonds is 4. The van der Waals surface area contributed by atoms with Gasteiger partial charge in [0.15, 0.2) is 0 Å². The van der Waals surface area contributed by atoms with Crippen molar-refractivity contribution in [1.82, 2.24) is 4.98 Å². The fourth-order valence-electron chi connectivity index (χ4n) is 1.64. The summed E-state index contributed by atoms with van der Waals surface area (Å²) in [5, 5.41) is 3.04. The van der Waals surface area contributed by atoms with E-state index >= 15 is 0 Å². The van der Waals surface area contributed by atoms with Gasteiger partial charge in [0.1, 0.15) is 23.3 Å². The lowest BCUT2D eigenvalue weighted by molar-refractivity contribution is 0.580. The number of hydrogen-bond donors (Lipinski definition) is 2. The van der Waals surface area contributed by atoms with Crippen LogP contribution in [-0.2, 0) is 6.42 Å². The number of hydrogen-bond acceptors (Lipinski definition) is 3. The molecule has 0 amide bonds. The number of anilines is 2. The maximum Gasteiger partial charge on any atom is 0.128 e. The molecule has 0 bridgehead atoms. The molecule has 94 valence electrons. The predicted octanol–water partition coefficient (Wildman–Crippen LogP) is 2.60. The summed E-state index contributed by atoms with van der Waals surface area (Å²) in [6.45, 7) is 0.527. The van der Waals surface area contributed by atoms with E-state index in [0.29, 0.717) is 30.2 Å². The smallest absolute Gasteiger partial charge is 0.128 e. The van der Waals surface area contributed by atoms with Crippen LogP contribution in [-0.4, -0.2) is 11.5 Å². The fraction of sp³-hybridized carbons (Fsp3) is 0.154. The molecule has 3 N–H and O–H groups in total. The highest BCUT2D eigenvalue weighted by atomic mass is 19.1. The lowest BCUT2D eigenvalue weighted by Crippen LogP contribution is -2.07. The van der Waals surface area contributed by atoms with Crippen LogP contribution in [0.4, 0.5) is 20.4 Å². The lowest BCUT2D eigenvalue weighted by Gasteiger charge is -2.06. The highest BCUT2D eigenvalue weighted by Crippen LogP contribution is 2.10. The Balaban J connectivity index is 1.92. The Labute approximate surface area is 104 Å². The predicted molar refractivity (Wildman–Crippen MR) is 67.2 cm³/mol. The van der Waals surface area contributed by atoms with E-state index in [1.165, 1.54) is 12.1 Å². The van der Waals surface area contributed by atoms with Crippen molar-refractivity contribution in [3.63, 3.8) is 0 Å². The summed E-state index contributed by atoms with van der Waals surface area (Å²) < 4.78 is 25.9. The fourth-order valence-corrected chi connectivity index (χ4v) is 1.64. The second-order valence-corrected chi connectivity index (χ2v) is 3.90. The Kier molecular flexibility index (Phi) is 3.72. The van der Waals surface area contributed by atoms with Gasteiger partial charge < -0.3 is 11.1 Å². The van der Waals surface area contributed by atoms with E-state index < -0.39 is 11.6 Å². The van der Waals surface area contributed by atoms with Gasteiger partial charge in [-0.3, -0.25) is 0 Å². The summed E-state index contributed by atoms with van der Waals surface area (Å²) >= 11 is 0. The first kappa shape index (κ1) is 12.3. The molecule has 1 heterocycles. The molecule has 0 spiro atoms. The van der Waals surface area contributed by atoms with Crippen molar-refractivity contribution in [1.29, 1.82) is 0 Å². The molecule has 5 heteroatoms. The number of halogens is 2. The van der Waals surface area contributed by atoms with Gasteiger partial charge in [0.2, 0.25) is 0 Å². The maximum atomic E-state index is 12.9. The van der Waals surface area contributed by atoms with Gasteiger partial charge in [-0.15, -0.1) is 0 Å². The summed E-state index contributed by atoms with van der Waals surface area (Å²) in [5.74, 6) is -0.0529. The van der Waals surface area contributed by atoms with Crippen molar-refractivity contribution in [3.05, 3.63) is 53.6 Å². The number of pyridine rings is 1. The number of aromatic nitrogens is 1. The molecule has 0 saturated heterocycles. The first-order chi connectivity index (χ1) is 8.63. The molecule has 2 aromatic rings. The van der Waals surface area contributed by atoms with E-state index in [1.807, 2.05) is 0 Å². The Morgan fingerprint density at radius 3 is 2.50 bits per heavy atom. The van der Waals surface area contributed by atoms with Crippen molar-refractivity contribution in [2.24, 2.45) is 0 Å². The van der Waals surface area contributed by atoms with Crippen LogP contribution in [0.2, 0.25) is 0 Å². The molecule has 0 unspecified atom stereocenters. The van der Waals surface area contributed by atoms with Crippen LogP contribution in [0.1, 0.15) is 5.56 Å². The third-order valence-corrected chi connectivity index (χ3v) is 2.41. The number of nitrogen functional groups attached to an aromatic ring is 1.